The number of carboxylic acids is 1. The van der Waals surface area contributed by atoms with Gasteiger partial charge in [-0.05, 0) is 0 Å². The molecule has 3 aromatic rings. The van der Waals surface area contributed by atoms with Crippen molar-refractivity contribution in [3.8, 4) is 9.88 Å². The summed E-state index contributed by atoms with van der Waals surface area (Å²) in [6, 6.07) is 11.4. The van der Waals surface area contributed by atoms with Crippen LogP contribution in [0.1, 0.15) is 15.2 Å². The van der Waals surface area contributed by atoms with Crippen molar-refractivity contribution < 1.29 is 52.7 Å². The Morgan fingerprint density at radius 3 is 2.50 bits per heavy atom. The van der Waals surface area contributed by atoms with E-state index in [0.29, 0.717) is 0 Å². The molecule has 13 heteroatoms. The Kier molecular flexibility index (Phi) is 5.45. The van der Waals surface area contributed by atoms with Gasteiger partial charge in [0.1, 0.15) is 0 Å². The molecule has 1 aliphatic rings. The fraction of sp³-hybridized carbons (Fsp3) is 0.176. The number of halogens is 4. The predicted octanol–water partition coefficient (Wildman–Crippen LogP) is 0.794. The van der Waals surface area contributed by atoms with Crippen molar-refractivity contribution in [1.82, 2.24) is 9.71 Å². The van der Waals surface area contributed by atoms with Crippen molar-refractivity contribution in [2.75, 3.05) is 0 Å². The van der Waals surface area contributed by atoms with Crippen molar-refractivity contribution in [2.45, 2.75) is 17.9 Å². The third kappa shape index (κ3) is 4.00. The van der Waals surface area contributed by atoms with E-state index >= 15 is 0 Å². The molecular weight excluding hydrogens is 576 g/mol. The molecule has 0 radical (unpaired) electrons. The number of rotatable bonds is 6. The number of aromatic nitrogens is 1. The Morgan fingerprint density at radius 1 is 1.20 bits per heavy atom. The van der Waals surface area contributed by atoms with E-state index in [1.165, 1.54) is 12.1 Å². The number of hydrogen-bond acceptors (Lipinski definition) is 6. The second kappa shape index (κ2) is 7.55. The molecule has 0 saturated carbocycles. The van der Waals surface area contributed by atoms with Crippen LogP contribution >= 0.6 is 22.7 Å². The number of sulfonamides is 1. The normalized spacial score (nSPS) is 21.8. The summed E-state index contributed by atoms with van der Waals surface area (Å²) in [6.45, 7) is 0. The van der Waals surface area contributed by atoms with E-state index in [1.807, 2.05) is 0 Å². The molecule has 2 N–H and O–H groups in total. The van der Waals surface area contributed by atoms with Gasteiger partial charge in [0.15, 0.2) is 0 Å². The SMILES string of the molecule is O=C(O)[C@]1(NS(=O)(=O)c2ccc(-c3nc(C(F)(F)F)cs3)s2)[I-][C@@H]1c1ccccc1. The first kappa shape index (κ1) is 21.7. The third-order valence-electron chi connectivity index (χ3n) is 4.12. The minimum atomic E-state index is -4.58. The van der Waals surface area contributed by atoms with Gasteiger partial charge in [0, 0.05) is 0 Å². The van der Waals surface area contributed by atoms with Crippen molar-refractivity contribution >= 4 is 38.7 Å². The summed E-state index contributed by atoms with van der Waals surface area (Å²) in [4.78, 5) is 15.7. The second-order valence-corrected chi connectivity index (χ2v) is 13.6. The molecule has 1 aromatic carbocycles. The number of alkyl halides is 5. The van der Waals surface area contributed by atoms with Crippen LogP contribution in [-0.2, 0) is 21.0 Å². The van der Waals surface area contributed by atoms with Gasteiger partial charge in [-0.1, -0.05) is 0 Å². The van der Waals surface area contributed by atoms with Crippen molar-refractivity contribution in [1.29, 1.82) is 0 Å². The summed E-state index contributed by atoms with van der Waals surface area (Å²) in [5.41, 5.74) is -0.290. The topological polar surface area (TPSA) is 96.4 Å². The van der Waals surface area contributed by atoms with E-state index in [-0.39, 0.29) is 14.1 Å². The molecule has 2 aromatic heterocycles. The van der Waals surface area contributed by atoms with Gasteiger partial charge in [-0.15, -0.1) is 0 Å². The molecule has 1 aliphatic heterocycles. The average Bonchev–Trinajstić information content (AvgIpc) is 3.05. The molecule has 0 aliphatic carbocycles. The summed E-state index contributed by atoms with van der Waals surface area (Å²) in [6.07, 6.45) is -4.58. The van der Waals surface area contributed by atoms with E-state index in [4.69, 9.17) is 0 Å². The van der Waals surface area contributed by atoms with Crippen LogP contribution < -0.4 is 25.9 Å². The molecule has 0 spiro atoms. The van der Waals surface area contributed by atoms with Gasteiger partial charge in [-0.3, -0.25) is 0 Å². The summed E-state index contributed by atoms with van der Waals surface area (Å²) in [5.74, 6) is -1.24. The van der Waals surface area contributed by atoms with Crippen LogP contribution in [0.15, 0.2) is 52.1 Å². The number of thiazole rings is 1. The van der Waals surface area contributed by atoms with Gasteiger partial charge in [0.05, 0.1) is 0 Å². The summed E-state index contributed by atoms with van der Waals surface area (Å²) >= 11 is 0.477. The number of aliphatic carboxylic acids is 1. The summed E-state index contributed by atoms with van der Waals surface area (Å²) in [7, 11) is -4.18. The predicted molar refractivity (Wildman–Crippen MR) is 100 cm³/mol. The van der Waals surface area contributed by atoms with Gasteiger partial charge in [0.25, 0.3) is 0 Å². The Morgan fingerprint density at radius 2 is 1.90 bits per heavy atom. The average molecular weight is 587 g/mol. The zero-order valence-corrected chi connectivity index (χ0v) is 19.2. The number of nitrogens with zero attached hydrogens (tertiary/aromatic N) is 1. The molecule has 3 heterocycles. The Bertz CT molecular complexity index is 1210. The van der Waals surface area contributed by atoms with E-state index in [1.54, 1.807) is 30.3 Å². The molecule has 160 valence electrons. The summed E-state index contributed by atoms with van der Waals surface area (Å²) < 4.78 is 64.1. The van der Waals surface area contributed by atoms with Crippen molar-refractivity contribution in [2.24, 2.45) is 0 Å². The number of carbonyl (C=O) groups is 1. The quantitative estimate of drug-likeness (QED) is 0.253. The van der Waals surface area contributed by atoms with Crippen LogP contribution in [-0.4, -0.2) is 28.0 Å². The van der Waals surface area contributed by atoms with Gasteiger partial charge >= 0.3 is 188 Å². The molecule has 6 nitrogen and oxygen atoms in total. The maximum absolute atomic E-state index is 12.8. The number of carboxylic acid groups (broad SMARTS) is 1. The molecule has 30 heavy (non-hydrogen) atoms. The molecule has 0 bridgehead atoms. The first-order valence-electron chi connectivity index (χ1n) is 8.13. The fourth-order valence-corrected chi connectivity index (χ4v) is 10.2. The Balaban J connectivity index is 1.59. The molecule has 1 saturated heterocycles. The van der Waals surface area contributed by atoms with Crippen LogP contribution in [0.25, 0.3) is 9.88 Å². The van der Waals surface area contributed by atoms with Gasteiger partial charge in [0.2, 0.25) is 0 Å². The van der Waals surface area contributed by atoms with Crippen molar-refractivity contribution in [3.05, 3.63) is 59.1 Å². The number of thiophene rings is 1. The maximum atomic E-state index is 12.8. The molecule has 0 amide bonds. The number of benzene rings is 1. The molecular formula is C17H11F3IN2O4S3-. The molecule has 0 unspecified atom stereocenters. The van der Waals surface area contributed by atoms with Crippen LogP contribution in [0, 0.1) is 0 Å². The summed E-state index contributed by atoms with van der Waals surface area (Å²) in [5, 5.41) is 10.6. The van der Waals surface area contributed by atoms with E-state index in [2.05, 4.69) is 9.71 Å². The van der Waals surface area contributed by atoms with E-state index < -0.39 is 56.5 Å². The minimum absolute atomic E-state index is 0.0442. The zero-order chi connectivity index (χ0) is 21.7. The van der Waals surface area contributed by atoms with Gasteiger partial charge < -0.3 is 0 Å². The Labute approximate surface area is 187 Å². The first-order chi connectivity index (χ1) is 14.0. The fourth-order valence-electron chi connectivity index (χ4n) is 2.67. The molecule has 4 rings (SSSR count). The van der Waals surface area contributed by atoms with Crippen LogP contribution in [0.2, 0.25) is 0 Å². The van der Waals surface area contributed by atoms with Crippen LogP contribution in [0.4, 0.5) is 13.2 Å². The van der Waals surface area contributed by atoms with Crippen LogP contribution in [0.5, 0.6) is 0 Å². The first-order valence-corrected chi connectivity index (χ1v) is 13.6. The zero-order valence-electron chi connectivity index (χ0n) is 14.6. The van der Waals surface area contributed by atoms with E-state index in [0.717, 1.165) is 33.6 Å². The number of nitrogens with one attached hydrogen (secondary N) is 1. The Hall–Kier alpha value is -1.55. The second-order valence-electron chi connectivity index (χ2n) is 6.16. The third-order valence-corrected chi connectivity index (χ3v) is 12.5. The van der Waals surface area contributed by atoms with Crippen molar-refractivity contribution in [3.63, 3.8) is 0 Å². The number of hydrogen-bond donors (Lipinski definition) is 2. The van der Waals surface area contributed by atoms with E-state index in [9.17, 15) is 31.5 Å². The standard InChI is InChI=1S/C17H11F3IN2O4S3/c18-17(19,20)11-8-28-14(22-11)10-6-7-12(29-10)30(26,27)23-16(15(24)25)13(21-16)9-4-2-1-3-5-9/h1-8,13,23H,(H,24,25)/q-1/t13-,16+/m1/s1. The van der Waals surface area contributed by atoms with Crippen LogP contribution in [0.3, 0.4) is 0 Å². The van der Waals surface area contributed by atoms with Gasteiger partial charge in [-0.2, -0.15) is 0 Å². The van der Waals surface area contributed by atoms with Gasteiger partial charge in [-0.25, -0.2) is 0 Å². The monoisotopic (exact) mass is 587 g/mol. The molecule has 2 atom stereocenters. The molecule has 1 fully saturated rings.